The summed E-state index contributed by atoms with van der Waals surface area (Å²) in [5.74, 6) is 0.631. The Labute approximate surface area is 214 Å². The zero-order valence-electron chi connectivity index (χ0n) is 20.5. The Morgan fingerprint density at radius 1 is 1.08 bits per heavy atom. The van der Waals surface area contributed by atoms with Crippen LogP contribution >= 0.6 is 0 Å². The molecule has 0 radical (unpaired) electrons. The number of allylic oxidation sites excluding steroid dienone is 4. The van der Waals surface area contributed by atoms with Gasteiger partial charge in [-0.25, -0.2) is 29.8 Å². The first kappa shape index (κ1) is 24.1. The molecule has 188 valence electrons. The van der Waals surface area contributed by atoms with Crippen molar-refractivity contribution in [2.24, 2.45) is 0 Å². The molecule has 3 aromatic heterocycles. The molecule has 1 saturated heterocycles. The van der Waals surface area contributed by atoms with E-state index in [2.05, 4.69) is 59.9 Å². The molecule has 0 saturated carbocycles. The summed E-state index contributed by atoms with van der Waals surface area (Å²) in [6.45, 7) is 3.13. The van der Waals surface area contributed by atoms with Crippen LogP contribution in [0.25, 0.3) is 22.4 Å². The predicted octanol–water partition coefficient (Wildman–Crippen LogP) is 5.53. The summed E-state index contributed by atoms with van der Waals surface area (Å²) in [7, 11) is 0. The monoisotopic (exact) mass is 496 g/mol. The smallest absolute Gasteiger partial charge is 0.341 e. The molecule has 10 nitrogen and oxygen atoms in total. The largest absolute Gasteiger partial charge is 0.345 e. The number of anilines is 3. The van der Waals surface area contributed by atoms with E-state index < -0.39 is 0 Å². The van der Waals surface area contributed by atoms with Gasteiger partial charge in [-0.2, -0.15) is 0 Å². The van der Waals surface area contributed by atoms with E-state index in [9.17, 15) is 4.79 Å². The minimum absolute atomic E-state index is 0.284. The van der Waals surface area contributed by atoms with Gasteiger partial charge in [-0.3, -0.25) is 4.84 Å². The molecular weight excluding hydrogens is 468 g/mol. The molecule has 6 rings (SSSR count). The van der Waals surface area contributed by atoms with Crippen LogP contribution in [0, 0.1) is 6.92 Å². The Kier molecular flexibility index (Phi) is 7.47. The summed E-state index contributed by atoms with van der Waals surface area (Å²) in [6, 6.07) is 9.16. The Morgan fingerprint density at radius 2 is 1.95 bits per heavy atom. The van der Waals surface area contributed by atoms with Gasteiger partial charge in [0.05, 0.1) is 19.5 Å². The minimum Gasteiger partial charge on any atom is -0.341 e. The third-order valence-electron chi connectivity index (χ3n) is 5.89. The molecule has 4 aromatic rings. The van der Waals surface area contributed by atoms with Crippen molar-refractivity contribution < 1.29 is 9.63 Å². The fraction of sp³-hybridized carbons (Fsp3) is 0.222. The van der Waals surface area contributed by atoms with Gasteiger partial charge < -0.3 is 15.6 Å². The predicted molar refractivity (Wildman–Crippen MR) is 143 cm³/mol. The van der Waals surface area contributed by atoms with Crippen molar-refractivity contribution in [3.8, 4) is 11.3 Å². The van der Waals surface area contributed by atoms with Crippen LogP contribution in [0.15, 0.2) is 73.5 Å². The molecule has 1 aliphatic heterocycles. The average Bonchev–Trinajstić information content (AvgIpc) is 3.65. The third-order valence-corrected chi connectivity index (χ3v) is 5.89. The standard InChI is InChI=1S/C21H20N8O2.C6H8/c1-13-5-6-14(27-21(30)29-8-3-9-31-29)10-16(13)28-19-15(4-2-7-22-19)17-18-20(25-11-23-17)26-12-24-18;1-2-4-6-5-3-1/h2,4-7,10-12H,3,8-9H2,1H3,(H,22,28)(H,27,30)(H,23,24,25,26);1-4H,5-6H2. The SMILES string of the molecule is C1=CCCC=C1.Cc1ccc(NC(=O)N2CCCO2)cc1Nc1ncccc1-c1ncnc2nc[nH]c12. The molecule has 0 bridgehead atoms. The number of aromatic nitrogens is 5. The zero-order chi connectivity index (χ0) is 25.5. The fourth-order valence-corrected chi connectivity index (χ4v) is 3.96. The maximum absolute atomic E-state index is 12.3. The number of fused-ring (bicyclic) bond motifs is 1. The Balaban J connectivity index is 0.000000412. The first-order valence-electron chi connectivity index (χ1n) is 12.2. The Bertz CT molecular complexity index is 1430. The third kappa shape index (κ3) is 5.81. The molecule has 0 spiro atoms. The number of hydrogen-bond acceptors (Lipinski definition) is 7. The molecule has 10 heteroatoms. The summed E-state index contributed by atoms with van der Waals surface area (Å²) in [5, 5.41) is 7.59. The van der Waals surface area contributed by atoms with E-state index in [1.807, 2.05) is 37.3 Å². The van der Waals surface area contributed by atoms with Crippen LogP contribution in [-0.2, 0) is 4.84 Å². The van der Waals surface area contributed by atoms with Crippen LogP contribution in [0.3, 0.4) is 0 Å². The van der Waals surface area contributed by atoms with Gasteiger partial charge in [0.15, 0.2) is 5.65 Å². The Hall–Kier alpha value is -4.57. The molecule has 2 aliphatic rings. The average molecular weight is 497 g/mol. The zero-order valence-corrected chi connectivity index (χ0v) is 20.5. The molecule has 2 amide bonds. The highest BCUT2D eigenvalue weighted by Crippen LogP contribution is 2.32. The van der Waals surface area contributed by atoms with E-state index in [0.717, 1.165) is 28.8 Å². The molecule has 4 heterocycles. The van der Waals surface area contributed by atoms with E-state index in [-0.39, 0.29) is 6.03 Å². The quantitative estimate of drug-likeness (QED) is 0.340. The fourth-order valence-electron chi connectivity index (χ4n) is 3.96. The number of carbonyl (C=O) groups excluding carboxylic acids is 1. The number of nitrogens with one attached hydrogen (secondary N) is 3. The molecule has 0 atom stereocenters. The van der Waals surface area contributed by atoms with Crippen LogP contribution in [-0.4, -0.2) is 49.2 Å². The molecule has 3 N–H and O–H groups in total. The second-order valence-electron chi connectivity index (χ2n) is 8.53. The highest BCUT2D eigenvalue weighted by molar-refractivity contribution is 5.92. The van der Waals surface area contributed by atoms with E-state index in [1.54, 1.807) is 12.5 Å². The minimum atomic E-state index is -0.284. The van der Waals surface area contributed by atoms with Gasteiger partial charge in [-0.1, -0.05) is 30.4 Å². The van der Waals surface area contributed by atoms with Gasteiger partial charge in [0.1, 0.15) is 23.4 Å². The number of H-pyrrole nitrogens is 1. The normalized spacial score (nSPS) is 14.4. The maximum atomic E-state index is 12.3. The second kappa shape index (κ2) is 11.4. The van der Waals surface area contributed by atoms with Crippen LogP contribution < -0.4 is 10.6 Å². The first-order valence-corrected chi connectivity index (χ1v) is 12.2. The van der Waals surface area contributed by atoms with Crippen LogP contribution in [0.5, 0.6) is 0 Å². The van der Waals surface area contributed by atoms with Gasteiger partial charge in [0.25, 0.3) is 0 Å². The van der Waals surface area contributed by atoms with E-state index in [0.29, 0.717) is 36.0 Å². The highest BCUT2D eigenvalue weighted by atomic mass is 16.7. The molecule has 0 unspecified atom stereocenters. The summed E-state index contributed by atoms with van der Waals surface area (Å²) in [4.78, 5) is 38.1. The molecular formula is C27H28N8O2. The van der Waals surface area contributed by atoms with Crippen molar-refractivity contribution in [1.29, 1.82) is 0 Å². The van der Waals surface area contributed by atoms with E-state index >= 15 is 0 Å². The summed E-state index contributed by atoms with van der Waals surface area (Å²) in [5.41, 5.74) is 5.30. The number of hydrogen-bond donors (Lipinski definition) is 3. The topological polar surface area (TPSA) is 121 Å². The summed E-state index contributed by atoms with van der Waals surface area (Å²) < 4.78 is 0. The van der Waals surface area contributed by atoms with Crippen LogP contribution in [0.4, 0.5) is 22.0 Å². The van der Waals surface area contributed by atoms with E-state index in [4.69, 9.17) is 4.84 Å². The van der Waals surface area contributed by atoms with Gasteiger partial charge >= 0.3 is 6.03 Å². The second-order valence-corrected chi connectivity index (χ2v) is 8.53. The highest BCUT2D eigenvalue weighted by Gasteiger charge is 2.20. The van der Waals surface area contributed by atoms with Crippen molar-refractivity contribution in [3.63, 3.8) is 0 Å². The number of hydroxylamine groups is 2. The summed E-state index contributed by atoms with van der Waals surface area (Å²) in [6.07, 6.45) is 16.6. The molecule has 1 fully saturated rings. The van der Waals surface area contributed by atoms with Crippen LogP contribution in [0.2, 0.25) is 0 Å². The summed E-state index contributed by atoms with van der Waals surface area (Å²) >= 11 is 0. The number of aryl methyl sites for hydroxylation is 1. The number of aromatic amines is 1. The van der Waals surface area contributed by atoms with Crippen molar-refractivity contribution in [2.75, 3.05) is 23.8 Å². The van der Waals surface area contributed by atoms with Crippen molar-refractivity contribution in [2.45, 2.75) is 26.2 Å². The molecule has 37 heavy (non-hydrogen) atoms. The van der Waals surface area contributed by atoms with Gasteiger partial charge in [0, 0.05) is 23.1 Å². The number of amides is 2. The first-order chi connectivity index (χ1) is 18.2. The number of urea groups is 1. The van der Waals surface area contributed by atoms with Gasteiger partial charge in [-0.15, -0.1) is 0 Å². The number of nitrogens with zero attached hydrogens (tertiary/aromatic N) is 5. The maximum Gasteiger partial charge on any atom is 0.345 e. The van der Waals surface area contributed by atoms with Crippen molar-refractivity contribution in [3.05, 3.63) is 79.1 Å². The lowest BCUT2D eigenvalue weighted by Gasteiger charge is -2.17. The number of pyridine rings is 1. The Morgan fingerprint density at radius 3 is 2.70 bits per heavy atom. The van der Waals surface area contributed by atoms with Gasteiger partial charge in [-0.05, 0) is 56.0 Å². The lowest BCUT2D eigenvalue weighted by atomic mass is 10.1. The number of benzene rings is 1. The van der Waals surface area contributed by atoms with E-state index in [1.165, 1.54) is 24.2 Å². The number of carbonyl (C=O) groups is 1. The molecule has 1 aliphatic carbocycles. The van der Waals surface area contributed by atoms with Crippen molar-refractivity contribution >= 4 is 34.4 Å². The van der Waals surface area contributed by atoms with Crippen molar-refractivity contribution in [1.82, 2.24) is 30.0 Å². The van der Waals surface area contributed by atoms with Crippen LogP contribution in [0.1, 0.15) is 24.8 Å². The molecule has 1 aromatic carbocycles. The lowest BCUT2D eigenvalue weighted by Crippen LogP contribution is -2.31. The number of imidazole rings is 1. The van der Waals surface area contributed by atoms with Gasteiger partial charge in [0.2, 0.25) is 0 Å². The lowest BCUT2D eigenvalue weighted by molar-refractivity contribution is -0.0614. The number of rotatable bonds is 4.